The summed E-state index contributed by atoms with van der Waals surface area (Å²) in [7, 11) is 0. The molecule has 2 N–H and O–H groups in total. The summed E-state index contributed by atoms with van der Waals surface area (Å²) in [4.78, 5) is 10.9. The van der Waals surface area contributed by atoms with Crippen molar-refractivity contribution in [3.05, 3.63) is 35.5 Å². The number of hydrogen-bond acceptors (Lipinski definition) is 5. The largest absolute Gasteiger partial charge is 0.378 e. The van der Waals surface area contributed by atoms with E-state index in [-0.39, 0.29) is 0 Å². The summed E-state index contributed by atoms with van der Waals surface area (Å²) in [6.07, 6.45) is 0. The number of aromatic nitrogens is 2. The first-order valence-corrected chi connectivity index (χ1v) is 7.19. The van der Waals surface area contributed by atoms with Gasteiger partial charge >= 0.3 is 0 Å². The molecule has 0 unspecified atom stereocenters. The zero-order chi connectivity index (χ0) is 14.8. The van der Waals surface area contributed by atoms with Gasteiger partial charge < -0.3 is 15.4 Å². The van der Waals surface area contributed by atoms with Gasteiger partial charge in [0.2, 0.25) is 5.95 Å². The van der Waals surface area contributed by atoms with E-state index in [1.54, 1.807) is 0 Å². The molecule has 0 atom stereocenters. The molecule has 5 nitrogen and oxygen atoms in total. The average Bonchev–Trinajstić information content (AvgIpc) is 2.47. The number of nitrogens with zero attached hydrogens (tertiary/aromatic N) is 3. The van der Waals surface area contributed by atoms with E-state index in [0.29, 0.717) is 5.95 Å². The monoisotopic (exact) mass is 284 g/mol. The molecule has 110 valence electrons. The van der Waals surface area contributed by atoms with Crippen LogP contribution in [-0.4, -0.2) is 36.3 Å². The van der Waals surface area contributed by atoms with Crippen LogP contribution >= 0.6 is 0 Å². The molecule has 0 amide bonds. The molecule has 5 heteroatoms. The Hall–Kier alpha value is -2.14. The molecule has 0 spiro atoms. The maximum absolute atomic E-state index is 5.81. The van der Waals surface area contributed by atoms with Crippen LogP contribution in [0.2, 0.25) is 0 Å². The van der Waals surface area contributed by atoms with Gasteiger partial charge in [0.15, 0.2) is 0 Å². The third-order valence-electron chi connectivity index (χ3n) is 3.71. The maximum Gasteiger partial charge on any atom is 0.220 e. The highest BCUT2D eigenvalue weighted by molar-refractivity contribution is 5.79. The average molecular weight is 284 g/mol. The Kier molecular flexibility index (Phi) is 3.75. The molecule has 1 aliphatic rings. The lowest BCUT2D eigenvalue weighted by atomic mass is 10.0. The minimum absolute atomic E-state index is 0.319. The summed E-state index contributed by atoms with van der Waals surface area (Å²) in [6, 6.07) is 8.27. The summed E-state index contributed by atoms with van der Waals surface area (Å²) in [5.41, 5.74) is 11.1. The summed E-state index contributed by atoms with van der Waals surface area (Å²) >= 11 is 0. The number of para-hydroxylation sites is 1. The molecule has 0 bridgehead atoms. The third-order valence-corrected chi connectivity index (χ3v) is 3.71. The number of anilines is 2. The van der Waals surface area contributed by atoms with Gasteiger partial charge in [0.25, 0.3) is 0 Å². The first-order chi connectivity index (χ1) is 10.1. The molecule has 0 radical (unpaired) electrons. The van der Waals surface area contributed by atoms with Crippen LogP contribution in [0.1, 0.15) is 11.3 Å². The van der Waals surface area contributed by atoms with Crippen molar-refractivity contribution < 1.29 is 4.74 Å². The van der Waals surface area contributed by atoms with Crippen molar-refractivity contribution in [2.45, 2.75) is 13.8 Å². The molecule has 2 heterocycles. The Bertz CT molecular complexity index is 630. The topological polar surface area (TPSA) is 64.3 Å². The van der Waals surface area contributed by atoms with Crippen molar-refractivity contribution >= 4 is 11.6 Å². The quantitative estimate of drug-likeness (QED) is 0.915. The fourth-order valence-corrected chi connectivity index (χ4v) is 2.80. The van der Waals surface area contributed by atoms with Gasteiger partial charge in [0.1, 0.15) is 0 Å². The summed E-state index contributed by atoms with van der Waals surface area (Å²) in [5, 5.41) is 0. The highest BCUT2D eigenvalue weighted by Gasteiger charge is 2.18. The number of ether oxygens (including phenoxy) is 1. The van der Waals surface area contributed by atoms with Crippen molar-refractivity contribution in [2.24, 2.45) is 0 Å². The van der Waals surface area contributed by atoms with Gasteiger partial charge in [0, 0.05) is 30.0 Å². The lowest BCUT2D eigenvalue weighted by Crippen LogP contribution is -2.37. The van der Waals surface area contributed by atoms with E-state index in [9.17, 15) is 0 Å². The highest BCUT2D eigenvalue weighted by Crippen LogP contribution is 2.33. The Morgan fingerprint density at radius 1 is 1.14 bits per heavy atom. The Morgan fingerprint density at radius 3 is 2.62 bits per heavy atom. The first-order valence-electron chi connectivity index (χ1n) is 7.19. The van der Waals surface area contributed by atoms with Gasteiger partial charge in [0.05, 0.1) is 18.9 Å². The van der Waals surface area contributed by atoms with Gasteiger partial charge in [-0.3, -0.25) is 0 Å². The number of nitrogens with two attached hydrogens (primary N) is 1. The standard InChI is InChI=1S/C16H20N4O/c1-11-4-3-5-13(14-10-12(2)18-16(17)19-14)15(11)20-6-8-21-9-7-20/h3-5,10H,6-9H2,1-2H3,(H2,17,18,19). The van der Waals surface area contributed by atoms with E-state index in [0.717, 1.165) is 43.3 Å². The van der Waals surface area contributed by atoms with Gasteiger partial charge in [-0.2, -0.15) is 0 Å². The predicted octanol–water partition coefficient (Wildman–Crippen LogP) is 2.18. The van der Waals surface area contributed by atoms with Crippen LogP contribution in [0.25, 0.3) is 11.3 Å². The first kappa shape index (κ1) is 13.8. The smallest absolute Gasteiger partial charge is 0.220 e. The second kappa shape index (κ2) is 5.69. The molecule has 0 saturated carbocycles. The lowest BCUT2D eigenvalue weighted by molar-refractivity contribution is 0.122. The zero-order valence-corrected chi connectivity index (χ0v) is 12.5. The molecule has 3 rings (SSSR count). The van der Waals surface area contributed by atoms with Crippen LogP contribution in [-0.2, 0) is 4.74 Å². The van der Waals surface area contributed by atoms with E-state index in [1.165, 1.54) is 11.3 Å². The summed E-state index contributed by atoms with van der Waals surface area (Å²) < 4.78 is 5.46. The molecule has 2 aromatic rings. The number of nitrogen functional groups attached to an aromatic ring is 1. The van der Waals surface area contributed by atoms with Gasteiger partial charge in [-0.25, -0.2) is 9.97 Å². The van der Waals surface area contributed by atoms with Crippen LogP contribution < -0.4 is 10.6 Å². The minimum Gasteiger partial charge on any atom is -0.378 e. The number of rotatable bonds is 2. The number of aryl methyl sites for hydroxylation is 2. The van der Waals surface area contributed by atoms with Gasteiger partial charge in [-0.05, 0) is 25.5 Å². The number of benzene rings is 1. The van der Waals surface area contributed by atoms with Crippen molar-refractivity contribution in [1.29, 1.82) is 0 Å². The summed E-state index contributed by atoms with van der Waals surface area (Å²) in [5.74, 6) is 0.319. The molecule has 1 aromatic carbocycles. The molecule has 1 saturated heterocycles. The fraction of sp³-hybridized carbons (Fsp3) is 0.375. The second-order valence-corrected chi connectivity index (χ2v) is 5.32. The van der Waals surface area contributed by atoms with E-state index in [4.69, 9.17) is 10.5 Å². The summed E-state index contributed by atoms with van der Waals surface area (Å²) in [6.45, 7) is 7.39. The Morgan fingerprint density at radius 2 is 1.90 bits per heavy atom. The van der Waals surface area contributed by atoms with Crippen LogP contribution in [0.5, 0.6) is 0 Å². The van der Waals surface area contributed by atoms with Crippen LogP contribution in [0.3, 0.4) is 0 Å². The minimum atomic E-state index is 0.319. The predicted molar refractivity (Wildman–Crippen MR) is 84.4 cm³/mol. The van der Waals surface area contributed by atoms with E-state index >= 15 is 0 Å². The molecule has 1 aromatic heterocycles. The maximum atomic E-state index is 5.81. The van der Waals surface area contributed by atoms with Gasteiger partial charge in [-0.15, -0.1) is 0 Å². The normalized spacial score (nSPS) is 15.2. The SMILES string of the molecule is Cc1cc(-c2cccc(C)c2N2CCOCC2)nc(N)n1. The zero-order valence-electron chi connectivity index (χ0n) is 12.5. The van der Waals surface area contributed by atoms with Crippen molar-refractivity contribution in [3.63, 3.8) is 0 Å². The van der Waals surface area contributed by atoms with E-state index in [2.05, 4.69) is 40.0 Å². The Labute approximate surface area is 124 Å². The molecular weight excluding hydrogens is 264 g/mol. The van der Waals surface area contributed by atoms with Crippen LogP contribution in [0, 0.1) is 13.8 Å². The molecular formula is C16H20N4O. The highest BCUT2D eigenvalue weighted by atomic mass is 16.5. The number of hydrogen-bond donors (Lipinski definition) is 1. The van der Waals surface area contributed by atoms with Crippen molar-refractivity contribution in [3.8, 4) is 11.3 Å². The van der Waals surface area contributed by atoms with Crippen molar-refractivity contribution in [1.82, 2.24) is 9.97 Å². The van der Waals surface area contributed by atoms with E-state index in [1.807, 2.05) is 13.0 Å². The molecule has 1 aliphatic heterocycles. The van der Waals surface area contributed by atoms with Crippen LogP contribution in [0.4, 0.5) is 11.6 Å². The second-order valence-electron chi connectivity index (χ2n) is 5.32. The number of morpholine rings is 1. The molecule has 21 heavy (non-hydrogen) atoms. The van der Waals surface area contributed by atoms with Crippen LogP contribution in [0.15, 0.2) is 24.3 Å². The molecule has 0 aliphatic carbocycles. The van der Waals surface area contributed by atoms with E-state index < -0.39 is 0 Å². The van der Waals surface area contributed by atoms with Gasteiger partial charge in [-0.1, -0.05) is 18.2 Å². The molecule has 1 fully saturated rings. The van der Waals surface area contributed by atoms with Crippen molar-refractivity contribution in [2.75, 3.05) is 36.9 Å². The Balaban J connectivity index is 2.11. The lowest BCUT2D eigenvalue weighted by Gasteiger charge is -2.32. The fourth-order valence-electron chi connectivity index (χ4n) is 2.80. The third kappa shape index (κ3) is 2.83.